The summed E-state index contributed by atoms with van der Waals surface area (Å²) in [6.07, 6.45) is 2.19. The normalized spacial score (nSPS) is 18.6. The highest BCUT2D eigenvalue weighted by atomic mass is 16.2. The maximum atomic E-state index is 13.5. The molecule has 1 saturated heterocycles. The molecule has 3 amide bonds. The number of piperidine rings is 1. The number of benzene rings is 1. The lowest BCUT2D eigenvalue weighted by Gasteiger charge is -2.34. The number of nitrogens with one attached hydrogen (secondary N) is 1. The van der Waals surface area contributed by atoms with E-state index in [4.69, 9.17) is 0 Å². The second-order valence-electron chi connectivity index (χ2n) is 10.1. The summed E-state index contributed by atoms with van der Waals surface area (Å²) in [5.41, 5.74) is 2.53. The third-order valence-electron chi connectivity index (χ3n) is 6.49. The SMILES string of the molecule is Cn1nc(C(=O)N2CCC[C@H](C(=O)Nc3ccccc3)C2)c2c1CCN(C(=O)C(C)(C)C)C2. The predicted molar refractivity (Wildman–Crippen MR) is 125 cm³/mol. The van der Waals surface area contributed by atoms with Crippen LogP contribution in [-0.4, -0.2) is 56.9 Å². The predicted octanol–water partition coefficient (Wildman–Crippen LogP) is 2.84. The first kappa shape index (κ1) is 23.0. The van der Waals surface area contributed by atoms with Crippen LogP contribution in [0.25, 0.3) is 0 Å². The van der Waals surface area contributed by atoms with Crippen LogP contribution in [0.1, 0.15) is 55.4 Å². The van der Waals surface area contributed by atoms with Gasteiger partial charge in [0, 0.05) is 62.0 Å². The summed E-state index contributed by atoms with van der Waals surface area (Å²) < 4.78 is 1.77. The number of carbonyl (C=O) groups is 3. The molecule has 0 radical (unpaired) electrons. The molecule has 3 heterocycles. The van der Waals surface area contributed by atoms with Gasteiger partial charge in [-0.2, -0.15) is 5.10 Å². The van der Waals surface area contributed by atoms with E-state index in [1.54, 1.807) is 9.58 Å². The number of anilines is 1. The fourth-order valence-corrected chi connectivity index (χ4v) is 4.70. The molecule has 8 heteroatoms. The van der Waals surface area contributed by atoms with Crippen LogP contribution in [0.4, 0.5) is 5.69 Å². The molecule has 1 aromatic carbocycles. The molecule has 2 aromatic rings. The van der Waals surface area contributed by atoms with E-state index in [9.17, 15) is 14.4 Å². The molecule has 0 spiro atoms. The number of rotatable bonds is 3. The quantitative estimate of drug-likeness (QED) is 0.777. The van der Waals surface area contributed by atoms with Gasteiger partial charge in [0.05, 0.1) is 5.92 Å². The van der Waals surface area contributed by atoms with Crippen molar-refractivity contribution in [1.82, 2.24) is 19.6 Å². The molecule has 8 nitrogen and oxygen atoms in total. The smallest absolute Gasteiger partial charge is 0.274 e. The van der Waals surface area contributed by atoms with E-state index >= 15 is 0 Å². The van der Waals surface area contributed by atoms with Gasteiger partial charge in [-0.25, -0.2) is 0 Å². The number of hydrogen-bond donors (Lipinski definition) is 1. The molecular weight excluding hydrogens is 418 g/mol. The summed E-state index contributed by atoms with van der Waals surface area (Å²) in [7, 11) is 1.85. The summed E-state index contributed by atoms with van der Waals surface area (Å²) >= 11 is 0. The molecule has 176 valence electrons. The molecule has 4 rings (SSSR count). The summed E-state index contributed by atoms with van der Waals surface area (Å²) in [5, 5.41) is 7.50. The van der Waals surface area contributed by atoms with Crippen molar-refractivity contribution in [3.63, 3.8) is 0 Å². The van der Waals surface area contributed by atoms with E-state index in [1.807, 2.05) is 63.1 Å². The zero-order valence-corrected chi connectivity index (χ0v) is 19.9. The number of nitrogens with zero attached hydrogens (tertiary/aromatic N) is 4. The molecule has 1 atom stereocenters. The summed E-state index contributed by atoms with van der Waals surface area (Å²) in [6, 6.07) is 9.37. The van der Waals surface area contributed by atoms with Crippen LogP contribution in [0.3, 0.4) is 0 Å². The van der Waals surface area contributed by atoms with Crippen molar-refractivity contribution in [2.45, 2.75) is 46.6 Å². The molecule has 2 aliphatic heterocycles. The molecule has 0 saturated carbocycles. The Hall–Kier alpha value is -3.16. The Balaban J connectivity index is 1.49. The van der Waals surface area contributed by atoms with Crippen molar-refractivity contribution in [3.05, 3.63) is 47.3 Å². The average Bonchev–Trinajstić information content (AvgIpc) is 3.14. The lowest BCUT2D eigenvalue weighted by atomic mass is 9.92. The van der Waals surface area contributed by atoms with Crippen LogP contribution < -0.4 is 5.32 Å². The Morgan fingerprint density at radius 2 is 1.79 bits per heavy atom. The molecule has 0 aliphatic carbocycles. The standard InChI is InChI=1S/C25H33N5O3/c1-25(2,3)24(33)30-14-12-20-19(16-30)21(27-28(20)4)23(32)29-13-8-9-17(15-29)22(31)26-18-10-6-5-7-11-18/h5-7,10-11,17H,8-9,12-16H2,1-4H3,(H,26,31)/t17-/m0/s1. The van der Waals surface area contributed by atoms with Crippen molar-refractivity contribution >= 4 is 23.4 Å². The average molecular weight is 452 g/mol. The van der Waals surface area contributed by atoms with Crippen molar-refractivity contribution in [3.8, 4) is 0 Å². The zero-order valence-electron chi connectivity index (χ0n) is 19.9. The number of likely N-dealkylation sites (tertiary alicyclic amines) is 1. The van der Waals surface area contributed by atoms with Crippen LogP contribution >= 0.6 is 0 Å². The number of fused-ring (bicyclic) bond motifs is 1. The summed E-state index contributed by atoms with van der Waals surface area (Å²) in [6.45, 7) is 7.73. The van der Waals surface area contributed by atoms with Crippen LogP contribution in [0.15, 0.2) is 30.3 Å². The second kappa shape index (κ2) is 9.00. The van der Waals surface area contributed by atoms with Gasteiger partial charge in [-0.3, -0.25) is 19.1 Å². The van der Waals surface area contributed by atoms with Crippen molar-refractivity contribution < 1.29 is 14.4 Å². The number of aryl methyl sites for hydroxylation is 1. The Bertz CT molecular complexity index is 1050. The van der Waals surface area contributed by atoms with Crippen molar-refractivity contribution in [2.24, 2.45) is 18.4 Å². The minimum Gasteiger partial charge on any atom is -0.337 e. The maximum Gasteiger partial charge on any atom is 0.274 e. The highest BCUT2D eigenvalue weighted by molar-refractivity contribution is 5.96. The molecule has 1 fully saturated rings. The highest BCUT2D eigenvalue weighted by Gasteiger charge is 2.36. The van der Waals surface area contributed by atoms with E-state index in [1.165, 1.54) is 0 Å². The van der Waals surface area contributed by atoms with Gasteiger partial charge in [0.1, 0.15) is 0 Å². The molecule has 1 N–H and O–H groups in total. The van der Waals surface area contributed by atoms with Gasteiger partial charge in [-0.15, -0.1) is 0 Å². The van der Waals surface area contributed by atoms with E-state index < -0.39 is 5.41 Å². The molecule has 0 bridgehead atoms. The summed E-state index contributed by atoms with van der Waals surface area (Å²) in [5.74, 6) is -0.412. The number of hydrogen-bond acceptors (Lipinski definition) is 4. The fraction of sp³-hybridized carbons (Fsp3) is 0.520. The number of aromatic nitrogens is 2. The fourth-order valence-electron chi connectivity index (χ4n) is 4.70. The topological polar surface area (TPSA) is 87.5 Å². The third kappa shape index (κ3) is 4.79. The lowest BCUT2D eigenvalue weighted by molar-refractivity contribution is -0.140. The lowest BCUT2D eigenvalue weighted by Crippen LogP contribution is -2.45. The van der Waals surface area contributed by atoms with Crippen molar-refractivity contribution in [1.29, 1.82) is 0 Å². The monoisotopic (exact) mass is 451 g/mol. The third-order valence-corrected chi connectivity index (χ3v) is 6.49. The van der Waals surface area contributed by atoms with Gasteiger partial charge in [-0.05, 0) is 25.0 Å². The summed E-state index contributed by atoms with van der Waals surface area (Å²) in [4.78, 5) is 42.7. The van der Waals surface area contributed by atoms with E-state index in [0.29, 0.717) is 38.3 Å². The van der Waals surface area contributed by atoms with Gasteiger partial charge >= 0.3 is 0 Å². The Labute approximate surface area is 194 Å². The van der Waals surface area contributed by atoms with Gasteiger partial charge in [0.15, 0.2) is 5.69 Å². The number of amides is 3. The van der Waals surface area contributed by atoms with E-state index in [0.717, 1.165) is 29.8 Å². The minimum absolute atomic E-state index is 0.0660. The first-order valence-corrected chi connectivity index (χ1v) is 11.6. The maximum absolute atomic E-state index is 13.5. The first-order valence-electron chi connectivity index (χ1n) is 11.6. The largest absolute Gasteiger partial charge is 0.337 e. The number of carbonyl (C=O) groups excluding carboxylic acids is 3. The Kier molecular flexibility index (Phi) is 6.28. The van der Waals surface area contributed by atoms with E-state index in [-0.39, 0.29) is 23.6 Å². The second-order valence-corrected chi connectivity index (χ2v) is 10.1. The zero-order chi connectivity index (χ0) is 23.8. The van der Waals surface area contributed by atoms with Gasteiger partial charge < -0.3 is 15.1 Å². The minimum atomic E-state index is -0.476. The van der Waals surface area contributed by atoms with Crippen molar-refractivity contribution in [2.75, 3.05) is 25.0 Å². The van der Waals surface area contributed by atoms with E-state index in [2.05, 4.69) is 10.4 Å². The molecule has 2 aliphatic rings. The highest BCUT2D eigenvalue weighted by Crippen LogP contribution is 2.28. The molecule has 33 heavy (non-hydrogen) atoms. The Morgan fingerprint density at radius 1 is 1.06 bits per heavy atom. The first-order chi connectivity index (χ1) is 15.6. The molecule has 1 aromatic heterocycles. The molecular formula is C25H33N5O3. The van der Waals surface area contributed by atoms with Crippen LogP contribution in [-0.2, 0) is 29.6 Å². The van der Waals surface area contributed by atoms with Crippen LogP contribution in [0.2, 0.25) is 0 Å². The van der Waals surface area contributed by atoms with Gasteiger partial charge in [0.25, 0.3) is 5.91 Å². The van der Waals surface area contributed by atoms with Crippen LogP contribution in [0.5, 0.6) is 0 Å². The molecule has 0 unspecified atom stereocenters. The van der Waals surface area contributed by atoms with Gasteiger partial charge in [-0.1, -0.05) is 39.0 Å². The number of para-hydroxylation sites is 1. The van der Waals surface area contributed by atoms with Crippen LogP contribution in [0, 0.1) is 11.3 Å². The van der Waals surface area contributed by atoms with Gasteiger partial charge in [0.2, 0.25) is 11.8 Å². The Morgan fingerprint density at radius 3 is 2.48 bits per heavy atom.